The van der Waals surface area contributed by atoms with Crippen LogP contribution in [-0.2, 0) is 27.2 Å². The van der Waals surface area contributed by atoms with E-state index in [1.165, 1.54) is 0 Å². The maximum absolute atomic E-state index is 13.6. The van der Waals surface area contributed by atoms with Crippen LogP contribution < -0.4 is 33.2 Å². The number of aliphatic imine (C=N–C) groups is 1. The summed E-state index contributed by atoms with van der Waals surface area (Å²) in [5.41, 5.74) is 18.6. The van der Waals surface area contributed by atoms with Gasteiger partial charge in [-0.2, -0.15) is 0 Å². The minimum absolute atomic E-state index is 0.0858. The topological polar surface area (TPSA) is 198 Å². The number of aliphatic hydroxyl groups is 1. The number of nitrogens with one attached hydrogen (secondary N) is 3. The fourth-order valence-electron chi connectivity index (χ4n) is 4.23. The van der Waals surface area contributed by atoms with Gasteiger partial charge in [-0.1, -0.05) is 72.8 Å². The van der Waals surface area contributed by atoms with Crippen LogP contribution in [0, 0.1) is 0 Å². The van der Waals surface area contributed by atoms with Gasteiger partial charge in [-0.05, 0) is 36.1 Å². The number of aliphatic hydroxyl groups excluding tert-OH is 1. The van der Waals surface area contributed by atoms with Gasteiger partial charge in [0.15, 0.2) is 11.8 Å². The van der Waals surface area contributed by atoms with Gasteiger partial charge in [0.1, 0.15) is 18.1 Å². The summed E-state index contributed by atoms with van der Waals surface area (Å²) < 4.78 is 0. The Kier molecular flexibility index (Phi) is 11.5. The van der Waals surface area contributed by atoms with Crippen molar-refractivity contribution in [1.29, 1.82) is 0 Å². The molecule has 0 radical (unpaired) electrons. The molecule has 0 fully saturated rings. The normalized spacial score (nSPS) is 14.0. The molecule has 1 aliphatic rings. The maximum atomic E-state index is 13.6. The average molecular weight is 560 g/mol. The van der Waals surface area contributed by atoms with Gasteiger partial charge in [0.05, 0.1) is 0 Å². The number of nitrogens with two attached hydrogens (primary N) is 3. The molecule has 3 atom stereocenters. The van der Waals surface area contributed by atoms with E-state index in [1.54, 1.807) is 24.3 Å². The number of carbonyl (C=O) groups is 3. The first-order valence-corrected chi connectivity index (χ1v) is 13.3. The summed E-state index contributed by atoms with van der Waals surface area (Å²) in [7, 11) is 0. The zero-order valence-electron chi connectivity index (χ0n) is 22.7. The van der Waals surface area contributed by atoms with E-state index in [1.807, 2.05) is 60.7 Å². The van der Waals surface area contributed by atoms with Crippen molar-refractivity contribution in [3.8, 4) is 0 Å². The van der Waals surface area contributed by atoms with Crippen LogP contribution in [0.2, 0.25) is 0 Å². The van der Waals surface area contributed by atoms with Crippen molar-refractivity contribution < 1.29 is 19.5 Å². The van der Waals surface area contributed by atoms with Crippen molar-refractivity contribution in [2.24, 2.45) is 22.2 Å². The first-order valence-electron chi connectivity index (χ1n) is 13.3. The van der Waals surface area contributed by atoms with Crippen LogP contribution in [0.4, 0.5) is 0 Å². The van der Waals surface area contributed by atoms with Gasteiger partial charge in [0.25, 0.3) is 0 Å². The van der Waals surface area contributed by atoms with Crippen LogP contribution in [0.25, 0.3) is 0 Å². The highest BCUT2D eigenvalue weighted by atomic mass is 16.3. The first kappa shape index (κ1) is 30.5. The molecule has 3 rings (SSSR count). The summed E-state index contributed by atoms with van der Waals surface area (Å²) >= 11 is 0. The Balaban J connectivity index is 1.79. The second kappa shape index (κ2) is 15.5. The van der Waals surface area contributed by atoms with Crippen molar-refractivity contribution >= 4 is 23.7 Å². The molecule has 0 saturated heterocycles. The second-order valence-corrected chi connectivity index (χ2v) is 9.57. The van der Waals surface area contributed by atoms with Crippen LogP contribution >= 0.6 is 0 Å². The number of primary amides is 1. The zero-order chi connectivity index (χ0) is 29.6. The van der Waals surface area contributed by atoms with Gasteiger partial charge in [0.2, 0.25) is 17.7 Å². The molecule has 41 heavy (non-hydrogen) atoms. The van der Waals surface area contributed by atoms with Gasteiger partial charge < -0.3 is 38.3 Å². The highest BCUT2D eigenvalue weighted by Gasteiger charge is 2.29. The molecule has 0 aromatic heterocycles. The quantitative estimate of drug-likeness (QED) is 0.0725. The van der Waals surface area contributed by atoms with Crippen LogP contribution in [0.15, 0.2) is 101 Å². The lowest BCUT2D eigenvalue weighted by Gasteiger charge is -2.25. The van der Waals surface area contributed by atoms with E-state index in [-0.39, 0.29) is 37.6 Å². The third kappa shape index (κ3) is 10.2. The first-order chi connectivity index (χ1) is 19.7. The molecule has 0 saturated carbocycles. The van der Waals surface area contributed by atoms with E-state index >= 15 is 0 Å². The minimum atomic E-state index is -1.03. The van der Waals surface area contributed by atoms with Crippen LogP contribution in [-0.4, -0.2) is 53.5 Å². The number of guanidine groups is 1. The molecule has 1 aliphatic carbocycles. The van der Waals surface area contributed by atoms with Crippen LogP contribution in [0.5, 0.6) is 0 Å². The summed E-state index contributed by atoms with van der Waals surface area (Å²) in [6, 6.07) is 15.5. The Morgan fingerprint density at radius 2 is 1.24 bits per heavy atom. The Bertz CT molecular complexity index is 1290. The molecule has 0 spiro atoms. The number of rotatable bonds is 15. The fraction of sp³-hybridized carbons (Fsp3) is 0.267. The molecular formula is C30H37N7O4. The largest absolute Gasteiger partial charge is 0.494 e. The Labute approximate surface area is 239 Å². The number of carbonyl (C=O) groups excluding carboxylic acids is 3. The van der Waals surface area contributed by atoms with Crippen molar-refractivity contribution in [2.75, 3.05) is 6.54 Å². The molecule has 2 aromatic carbocycles. The number of benzene rings is 2. The third-order valence-electron chi connectivity index (χ3n) is 6.37. The predicted molar refractivity (Wildman–Crippen MR) is 158 cm³/mol. The summed E-state index contributed by atoms with van der Waals surface area (Å²) in [6.07, 6.45) is 7.92. The van der Waals surface area contributed by atoms with Crippen LogP contribution in [0.1, 0.15) is 24.0 Å². The van der Waals surface area contributed by atoms with Gasteiger partial charge in [-0.25, -0.2) is 0 Å². The SMILES string of the molecule is NC(=O)[C@H](Cc1ccccc1)NC(=O)[C@H](CCCN=C(N)N)NC(=O)[C@H](Cc1ccccc1)NC(O)=C1C=CC=C1. The maximum Gasteiger partial charge on any atom is 0.243 e. The molecule has 0 heterocycles. The molecule has 10 N–H and O–H groups in total. The number of allylic oxidation sites excluding steroid dienone is 5. The Morgan fingerprint density at radius 3 is 1.78 bits per heavy atom. The molecule has 0 aliphatic heterocycles. The highest BCUT2D eigenvalue weighted by molar-refractivity contribution is 5.93. The lowest BCUT2D eigenvalue weighted by molar-refractivity contribution is -0.132. The van der Waals surface area contributed by atoms with Gasteiger partial charge in [-0.15, -0.1) is 0 Å². The molecule has 216 valence electrons. The monoisotopic (exact) mass is 559 g/mol. The molecule has 0 bridgehead atoms. The minimum Gasteiger partial charge on any atom is -0.494 e. The van der Waals surface area contributed by atoms with Gasteiger partial charge in [0, 0.05) is 25.0 Å². The standard InChI is InChI=1S/C30H37N7O4/c31-26(38)24(18-20-10-3-1-4-11-20)36-28(40)23(16-9-17-34-30(32)33)35-29(41)25(19-21-12-5-2-6-13-21)37-27(39)22-14-7-8-15-22/h1-8,10-15,23-25,37,39H,9,16-19H2,(H2,31,38)(H,35,41)(H,36,40)(H4,32,33,34)/t23-,24-,25-/m0/s1. The zero-order valence-corrected chi connectivity index (χ0v) is 22.7. The highest BCUT2D eigenvalue weighted by Crippen LogP contribution is 2.13. The summed E-state index contributed by atoms with van der Waals surface area (Å²) in [6.45, 7) is 0.239. The van der Waals surface area contributed by atoms with Crippen molar-refractivity contribution in [2.45, 2.75) is 43.8 Å². The second-order valence-electron chi connectivity index (χ2n) is 9.57. The number of amides is 3. The molecule has 2 aromatic rings. The van der Waals surface area contributed by atoms with E-state index in [0.29, 0.717) is 12.0 Å². The van der Waals surface area contributed by atoms with E-state index in [2.05, 4.69) is 20.9 Å². The van der Waals surface area contributed by atoms with Crippen molar-refractivity contribution in [3.05, 3.63) is 108 Å². The smallest absolute Gasteiger partial charge is 0.243 e. The van der Waals surface area contributed by atoms with Gasteiger partial charge in [-0.3, -0.25) is 19.4 Å². The van der Waals surface area contributed by atoms with Crippen molar-refractivity contribution in [1.82, 2.24) is 16.0 Å². The number of hydrogen-bond acceptors (Lipinski definition) is 6. The Hall–Kier alpha value is -5.06. The number of nitrogens with zero attached hydrogens (tertiary/aromatic N) is 1. The molecular weight excluding hydrogens is 522 g/mol. The van der Waals surface area contributed by atoms with E-state index in [9.17, 15) is 19.5 Å². The van der Waals surface area contributed by atoms with E-state index < -0.39 is 35.8 Å². The predicted octanol–water partition coefficient (Wildman–Crippen LogP) is 0.834. The van der Waals surface area contributed by atoms with E-state index in [4.69, 9.17) is 17.2 Å². The molecule has 3 amide bonds. The van der Waals surface area contributed by atoms with Crippen LogP contribution in [0.3, 0.4) is 0 Å². The lowest BCUT2D eigenvalue weighted by Crippen LogP contribution is -2.56. The summed E-state index contributed by atoms with van der Waals surface area (Å²) in [4.78, 5) is 43.1. The van der Waals surface area contributed by atoms with Crippen molar-refractivity contribution in [3.63, 3.8) is 0 Å². The van der Waals surface area contributed by atoms with Gasteiger partial charge >= 0.3 is 0 Å². The molecule has 0 unspecified atom stereocenters. The van der Waals surface area contributed by atoms with E-state index in [0.717, 1.165) is 11.1 Å². The number of hydrogen-bond donors (Lipinski definition) is 7. The Morgan fingerprint density at radius 1 is 0.732 bits per heavy atom. The summed E-state index contributed by atoms with van der Waals surface area (Å²) in [5.74, 6) is -2.06. The third-order valence-corrected chi connectivity index (χ3v) is 6.37. The molecule has 11 heteroatoms. The molecule has 11 nitrogen and oxygen atoms in total. The average Bonchev–Trinajstić information content (AvgIpc) is 3.50. The summed E-state index contributed by atoms with van der Waals surface area (Å²) in [5, 5.41) is 19.0. The lowest BCUT2D eigenvalue weighted by atomic mass is 10.0. The fourth-order valence-corrected chi connectivity index (χ4v) is 4.23.